The fourth-order valence-electron chi connectivity index (χ4n) is 1.95. The van der Waals surface area contributed by atoms with Crippen molar-refractivity contribution < 1.29 is 22.7 Å². The van der Waals surface area contributed by atoms with Crippen LogP contribution in [0.1, 0.15) is 13.3 Å². The van der Waals surface area contributed by atoms with Gasteiger partial charge in [-0.1, -0.05) is 6.08 Å². The molecule has 1 aliphatic rings. The van der Waals surface area contributed by atoms with Crippen molar-refractivity contribution in [2.24, 2.45) is 0 Å². The predicted molar refractivity (Wildman–Crippen MR) is 96.7 cm³/mol. The van der Waals surface area contributed by atoms with Crippen LogP contribution in [0.5, 0.6) is 5.75 Å². The molecule has 0 aromatic carbocycles. The summed E-state index contributed by atoms with van der Waals surface area (Å²) in [5, 5.41) is 2.67. The van der Waals surface area contributed by atoms with Crippen molar-refractivity contribution in [3.8, 4) is 5.75 Å². The number of carbonyl (C=O) groups is 1. The highest BCUT2D eigenvalue weighted by atomic mass is 127. The standard InChI is InChI=1S/C15H17IN2O5S/c1-3-22-15(19)18-13-6-4-10(8-12(13)16)23-11-5-7-14(17-9-11)24(2,20)21/h5-10H,3-4H2,1-2H3,(H,18,19). The minimum absolute atomic E-state index is 0.00411. The molecule has 9 heteroatoms. The van der Waals surface area contributed by atoms with Crippen molar-refractivity contribution in [1.29, 1.82) is 0 Å². The molecule has 0 aliphatic heterocycles. The first kappa shape index (κ1) is 18.7. The number of sulfone groups is 1. The normalized spacial score (nSPS) is 17.5. The minimum atomic E-state index is -3.33. The van der Waals surface area contributed by atoms with Gasteiger partial charge in [0.25, 0.3) is 0 Å². The summed E-state index contributed by atoms with van der Waals surface area (Å²) in [6.07, 6.45) is 6.04. The van der Waals surface area contributed by atoms with Crippen molar-refractivity contribution in [2.45, 2.75) is 24.5 Å². The number of aromatic nitrogens is 1. The average molecular weight is 464 g/mol. The maximum Gasteiger partial charge on any atom is 0.411 e. The van der Waals surface area contributed by atoms with Gasteiger partial charge in [0.1, 0.15) is 11.9 Å². The van der Waals surface area contributed by atoms with Crippen molar-refractivity contribution >= 4 is 38.5 Å². The third-order valence-electron chi connectivity index (χ3n) is 3.03. The fraction of sp³-hybridized carbons (Fsp3) is 0.333. The van der Waals surface area contributed by atoms with E-state index in [4.69, 9.17) is 9.47 Å². The summed E-state index contributed by atoms with van der Waals surface area (Å²) in [6.45, 7) is 2.05. The van der Waals surface area contributed by atoms with Crippen LogP contribution in [0.3, 0.4) is 0 Å². The Morgan fingerprint density at radius 1 is 1.46 bits per heavy atom. The molecule has 0 bridgehead atoms. The van der Waals surface area contributed by atoms with E-state index in [1.165, 1.54) is 12.3 Å². The Bertz CT molecular complexity index is 772. The lowest BCUT2D eigenvalue weighted by atomic mass is 10.1. The highest BCUT2D eigenvalue weighted by Gasteiger charge is 2.18. The molecule has 0 spiro atoms. The molecule has 7 nitrogen and oxygen atoms in total. The Balaban J connectivity index is 1.99. The third-order valence-corrected chi connectivity index (χ3v) is 4.97. The van der Waals surface area contributed by atoms with Crippen LogP contribution in [0, 0.1) is 0 Å². The summed E-state index contributed by atoms with van der Waals surface area (Å²) in [4.78, 5) is 15.3. The van der Waals surface area contributed by atoms with Gasteiger partial charge in [-0.25, -0.2) is 18.2 Å². The summed E-state index contributed by atoms with van der Waals surface area (Å²) in [7, 11) is -3.33. The second-order valence-corrected chi connectivity index (χ2v) is 8.10. The van der Waals surface area contributed by atoms with Crippen molar-refractivity contribution in [2.75, 3.05) is 12.9 Å². The molecule has 0 radical (unpaired) electrons. The highest BCUT2D eigenvalue weighted by molar-refractivity contribution is 14.1. The summed E-state index contributed by atoms with van der Waals surface area (Å²) in [5.74, 6) is 0.475. The van der Waals surface area contributed by atoms with E-state index in [0.717, 1.165) is 9.84 Å². The molecule has 2 rings (SSSR count). The molecule has 1 unspecified atom stereocenters. The van der Waals surface area contributed by atoms with Crippen molar-refractivity contribution in [1.82, 2.24) is 10.3 Å². The van der Waals surface area contributed by atoms with Gasteiger partial charge < -0.3 is 9.47 Å². The molecule has 1 aliphatic carbocycles. The first-order valence-electron chi connectivity index (χ1n) is 7.14. The lowest BCUT2D eigenvalue weighted by Gasteiger charge is -2.20. The topological polar surface area (TPSA) is 94.6 Å². The number of ether oxygens (including phenoxy) is 2. The van der Waals surface area contributed by atoms with Crippen LogP contribution in [0.2, 0.25) is 0 Å². The van der Waals surface area contributed by atoms with E-state index in [9.17, 15) is 13.2 Å². The van der Waals surface area contributed by atoms with Crippen LogP contribution in [-0.2, 0) is 14.6 Å². The van der Waals surface area contributed by atoms with Gasteiger partial charge >= 0.3 is 6.09 Å². The van der Waals surface area contributed by atoms with Crippen LogP contribution in [0.25, 0.3) is 0 Å². The number of hydrogen-bond donors (Lipinski definition) is 1. The molecule has 1 N–H and O–H groups in total. The number of carbonyl (C=O) groups excluding carboxylic acids is 1. The van der Waals surface area contributed by atoms with Gasteiger partial charge in [0.15, 0.2) is 14.9 Å². The Morgan fingerprint density at radius 2 is 2.21 bits per heavy atom. The first-order chi connectivity index (χ1) is 11.3. The summed E-state index contributed by atoms with van der Waals surface area (Å²) < 4.78 is 34.2. The van der Waals surface area contributed by atoms with E-state index in [-0.39, 0.29) is 11.1 Å². The zero-order valence-corrected chi connectivity index (χ0v) is 16.1. The molecule has 1 aromatic heterocycles. The molecular weight excluding hydrogens is 447 g/mol. The maximum atomic E-state index is 11.4. The molecule has 0 saturated heterocycles. The van der Waals surface area contributed by atoms with Gasteiger partial charge in [0.2, 0.25) is 0 Å². The smallest absolute Gasteiger partial charge is 0.411 e. The third kappa shape index (κ3) is 5.20. The zero-order valence-electron chi connectivity index (χ0n) is 13.2. The van der Waals surface area contributed by atoms with E-state index < -0.39 is 15.9 Å². The Kier molecular flexibility index (Phi) is 6.21. The Labute approximate surface area is 154 Å². The van der Waals surface area contributed by atoms with Gasteiger partial charge in [0.05, 0.1) is 18.5 Å². The van der Waals surface area contributed by atoms with Crippen LogP contribution in [0.15, 0.2) is 44.8 Å². The highest BCUT2D eigenvalue weighted by Crippen LogP contribution is 2.26. The monoisotopic (exact) mass is 464 g/mol. The van der Waals surface area contributed by atoms with Crippen LogP contribution in [0.4, 0.5) is 4.79 Å². The molecule has 0 fully saturated rings. The number of nitrogens with zero attached hydrogens (tertiary/aromatic N) is 1. The first-order valence-corrected chi connectivity index (χ1v) is 10.1. The fourth-order valence-corrected chi connectivity index (χ4v) is 3.27. The van der Waals surface area contributed by atoms with Crippen molar-refractivity contribution in [3.05, 3.63) is 39.8 Å². The van der Waals surface area contributed by atoms with Gasteiger partial charge in [0, 0.05) is 16.3 Å². The Morgan fingerprint density at radius 3 is 2.75 bits per heavy atom. The molecule has 1 atom stereocenters. The minimum Gasteiger partial charge on any atom is -0.484 e. The zero-order chi connectivity index (χ0) is 17.7. The van der Waals surface area contributed by atoms with E-state index in [1.54, 1.807) is 13.0 Å². The van der Waals surface area contributed by atoms with E-state index in [0.29, 0.717) is 24.5 Å². The van der Waals surface area contributed by atoms with E-state index in [1.807, 2.05) is 12.2 Å². The molecule has 1 heterocycles. The maximum absolute atomic E-state index is 11.4. The molecular formula is C15H17IN2O5S. The molecule has 24 heavy (non-hydrogen) atoms. The molecule has 1 aromatic rings. The predicted octanol–water partition coefficient (Wildman–Crippen LogP) is 2.59. The van der Waals surface area contributed by atoms with Gasteiger partial charge in [-0.05, 0) is 47.7 Å². The number of hydrogen-bond acceptors (Lipinski definition) is 6. The van der Waals surface area contributed by atoms with Crippen LogP contribution >= 0.6 is 22.6 Å². The number of amides is 1. The summed E-state index contributed by atoms with van der Waals surface area (Å²) in [6, 6.07) is 2.98. The van der Waals surface area contributed by atoms with Crippen molar-refractivity contribution in [3.63, 3.8) is 0 Å². The number of alkyl carbamates (subject to hydrolysis) is 1. The lowest BCUT2D eigenvalue weighted by Crippen LogP contribution is -2.27. The van der Waals surface area contributed by atoms with E-state index >= 15 is 0 Å². The number of rotatable bonds is 5. The number of pyridine rings is 1. The second-order valence-electron chi connectivity index (χ2n) is 4.97. The van der Waals surface area contributed by atoms with E-state index in [2.05, 4.69) is 32.9 Å². The second kappa shape index (κ2) is 7.97. The largest absolute Gasteiger partial charge is 0.484 e. The number of allylic oxidation sites excluding steroid dienone is 1. The lowest BCUT2D eigenvalue weighted by molar-refractivity contribution is 0.155. The van der Waals surface area contributed by atoms with Gasteiger partial charge in [-0.15, -0.1) is 0 Å². The van der Waals surface area contributed by atoms with Crippen LogP contribution < -0.4 is 10.1 Å². The van der Waals surface area contributed by atoms with Gasteiger partial charge in [-0.2, -0.15) is 0 Å². The van der Waals surface area contributed by atoms with Crippen LogP contribution in [-0.4, -0.2) is 38.5 Å². The van der Waals surface area contributed by atoms with Gasteiger partial charge in [-0.3, -0.25) is 5.32 Å². The Hall–Kier alpha value is -1.62. The molecule has 0 saturated carbocycles. The number of halogens is 1. The number of nitrogens with one attached hydrogen (secondary N) is 1. The SMILES string of the molecule is CCOC(=O)NC1=CCC(Oc2ccc(S(C)(=O)=O)nc2)C=C1I. The summed E-state index contributed by atoms with van der Waals surface area (Å²) >= 11 is 2.10. The summed E-state index contributed by atoms with van der Waals surface area (Å²) in [5.41, 5.74) is 0.680. The average Bonchev–Trinajstić information content (AvgIpc) is 2.50. The quantitative estimate of drug-likeness (QED) is 0.674. The molecule has 1 amide bonds. The molecule has 130 valence electrons.